The number of nitrogens with one attached hydrogen (secondary N) is 1. The van der Waals surface area contributed by atoms with Gasteiger partial charge < -0.3 is 11.1 Å². The molecular formula is C9H20N2O3S. The minimum Gasteiger partial charge on any atom is -0.353 e. The lowest BCUT2D eigenvalue weighted by atomic mass is 10.2. The number of amides is 1. The van der Waals surface area contributed by atoms with E-state index in [9.17, 15) is 13.2 Å². The van der Waals surface area contributed by atoms with Gasteiger partial charge in [0.1, 0.15) is 5.25 Å². The van der Waals surface area contributed by atoms with Crippen LogP contribution in [0, 0.1) is 0 Å². The molecule has 1 amide bonds. The Kier molecular flexibility index (Phi) is 5.82. The molecule has 0 radical (unpaired) electrons. The van der Waals surface area contributed by atoms with Crippen molar-refractivity contribution in [2.24, 2.45) is 5.73 Å². The monoisotopic (exact) mass is 236 g/mol. The van der Waals surface area contributed by atoms with E-state index in [2.05, 4.69) is 5.32 Å². The molecule has 0 rings (SSSR count). The Hall–Kier alpha value is -0.620. The largest absolute Gasteiger partial charge is 0.353 e. The first kappa shape index (κ1) is 14.4. The van der Waals surface area contributed by atoms with Gasteiger partial charge in [0.2, 0.25) is 5.91 Å². The minimum absolute atomic E-state index is 0.0368. The van der Waals surface area contributed by atoms with E-state index in [1.807, 2.05) is 6.92 Å². The van der Waals surface area contributed by atoms with Gasteiger partial charge in [0.25, 0.3) is 0 Å². The van der Waals surface area contributed by atoms with Crippen molar-refractivity contribution in [3.8, 4) is 0 Å². The average Bonchev–Trinajstić information content (AvgIpc) is 2.11. The van der Waals surface area contributed by atoms with Crippen LogP contribution in [0.3, 0.4) is 0 Å². The second-order valence-electron chi connectivity index (χ2n) is 3.81. The van der Waals surface area contributed by atoms with Crippen LogP contribution in [0.4, 0.5) is 0 Å². The van der Waals surface area contributed by atoms with Crippen LogP contribution in [0.1, 0.15) is 26.7 Å². The Morgan fingerprint density at radius 3 is 2.33 bits per heavy atom. The van der Waals surface area contributed by atoms with Crippen molar-refractivity contribution in [1.82, 2.24) is 5.32 Å². The van der Waals surface area contributed by atoms with E-state index in [-0.39, 0.29) is 6.04 Å². The maximum absolute atomic E-state index is 11.4. The highest BCUT2D eigenvalue weighted by Crippen LogP contribution is 2.00. The number of nitrogens with two attached hydrogens (primary N) is 1. The molecule has 0 bridgehead atoms. The first-order chi connectivity index (χ1) is 6.79. The summed E-state index contributed by atoms with van der Waals surface area (Å²) < 4.78 is 22.2. The summed E-state index contributed by atoms with van der Waals surface area (Å²) in [6.07, 6.45) is 2.63. The molecule has 0 aromatic carbocycles. The fourth-order valence-electron chi connectivity index (χ4n) is 1.05. The zero-order chi connectivity index (χ0) is 12.1. The van der Waals surface area contributed by atoms with Gasteiger partial charge in [-0.3, -0.25) is 4.79 Å². The van der Waals surface area contributed by atoms with Gasteiger partial charge in [0, 0.05) is 12.3 Å². The van der Waals surface area contributed by atoms with E-state index >= 15 is 0 Å². The van der Waals surface area contributed by atoms with Crippen LogP contribution in [-0.4, -0.2) is 38.4 Å². The number of carbonyl (C=O) groups is 1. The van der Waals surface area contributed by atoms with Gasteiger partial charge in [0.15, 0.2) is 9.84 Å². The lowest BCUT2D eigenvalue weighted by Gasteiger charge is -2.16. The fraction of sp³-hybridized carbons (Fsp3) is 0.889. The molecule has 0 saturated carbocycles. The summed E-state index contributed by atoms with van der Waals surface area (Å²) >= 11 is 0. The van der Waals surface area contributed by atoms with Crippen LogP contribution in [0.15, 0.2) is 0 Å². The number of carbonyl (C=O) groups excluding carboxylic acids is 1. The molecule has 0 heterocycles. The Morgan fingerprint density at radius 2 is 1.93 bits per heavy atom. The molecule has 15 heavy (non-hydrogen) atoms. The van der Waals surface area contributed by atoms with Crippen LogP contribution in [-0.2, 0) is 14.6 Å². The maximum atomic E-state index is 11.4. The second kappa shape index (κ2) is 6.07. The van der Waals surface area contributed by atoms with Gasteiger partial charge in [-0.25, -0.2) is 8.42 Å². The molecule has 90 valence electrons. The molecule has 5 nitrogen and oxygen atoms in total. The second-order valence-corrected chi connectivity index (χ2v) is 6.18. The van der Waals surface area contributed by atoms with Crippen LogP contribution in [0.5, 0.6) is 0 Å². The molecular weight excluding hydrogens is 216 g/mol. The molecule has 3 N–H and O–H groups in total. The van der Waals surface area contributed by atoms with Crippen molar-refractivity contribution in [3.05, 3.63) is 0 Å². The summed E-state index contributed by atoms with van der Waals surface area (Å²) in [7, 11) is -3.30. The van der Waals surface area contributed by atoms with Crippen molar-refractivity contribution in [2.75, 3.05) is 12.8 Å². The number of hydrogen-bond donors (Lipinski definition) is 2. The van der Waals surface area contributed by atoms with E-state index in [1.165, 1.54) is 6.92 Å². The van der Waals surface area contributed by atoms with E-state index in [4.69, 9.17) is 5.73 Å². The first-order valence-corrected chi connectivity index (χ1v) is 6.93. The zero-order valence-corrected chi connectivity index (χ0v) is 10.3. The van der Waals surface area contributed by atoms with E-state index in [0.29, 0.717) is 6.54 Å². The summed E-state index contributed by atoms with van der Waals surface area (Å²) in [5.41, 5.74) is 5.33. The highest BCUT2D eigenvalue weighted by molar-refractivity contribution is 7.92. The van der Waals surface area contributed by atoms with Gasteiger partial charge in [-0.05, 0) is 33.2 Å². The molecule has 0 aliphatic carbocycles. The highest BCUT2D eigenvalue weighted by atomic mass is 32.2. The zero-order valence-electron chi connectivity index (χ0n) is 9.49. The topological polar surface area (TPSA) is 89.3 Å². The third kappa shape index (κ3) is 5.74. The van der Waals surface area contributed by atoms with Gasteiger partial charge in [-0.15, -0.1) is 0 Å². The number of rotatable bonds is 6. The SMILES string of the molecule is CC(CCCN)NC(=O)C(C)S(C)(=O)=O. The lowest BCUT2D eigenvalue weighted by Crippen LogP contribution is -2.42. The summed E-state index contributed by atoms with van der Waals surface area (Å²) in [6.45, 7) is 3.80. The van der Waals surface area contributed by atoms with Crippen molar-refractivity contribution < 1.29 is 13.2 Å². The van der Waals surface area contributed by atoms with Crippen LogP contribution in [0.25, 0.3) is 0 Å². The van der Waals surface area contributed by atoms with E-state index in [0.717, 1.165) is 19.1 Å². The summed E-state index contributed by atoms with van der Waals surface area (Å²) in [5, 5.41) is 1.66. The molecule has 0 aliphatic rings. The van der Waals surface area contributed by atoms with Gasteiger partial charge in [-0.2, -0.15) is 0 Å². The smallest absolute Gasteiger partial charge is 0.238 e. The lowest BCUT2D eigenvalue weighted by molar-refractivity contribution is -0.121. The molecule has 0 saturated heterocycles. The van der Waals surface area contributed by atoms with Crippen molar-refractivity contribution in [2.45, 2.75) is 38.0 Å². The van der Waals surface area contributed by atoms with E-state index < -0.39 is 21.0 Å². The maximum Gasteiger partial charge on any atom is 0.238 e. The number of sulfone groups is 1. The standard InChI is InChI=1S/C9H20N2O3S/c1-7(5-4-6-10)11-9(12)8(2)15(3,13)14/h7-8H,4-6,10H2,1-3H3,(H,11,12). The van der Waals surface area contributed by atoms with Crippen molar-refractivity contribution >= 4 is 15.7 Å². The first-order valence-electron chi connectivity index (χ1n) is 4.98. The highest BCUT2D eigenvalue weighted by Gasteiger charge is 2.24. The Morgan fingerprint density at radius 1 is 1.40 bits per heavy atom. The summed E-state index contributed by atoms with van der Waals surface area (Å²) in [6, 6.07) is -0.0368. The average molecular weight is 236 g/mol. The summed E-state index contributed by atoms with van der Waals surface area (Å²) in [5.74, 6) is -0.443. The Labute approximate surface area is 91.3 Å². The predicted molar refractivity (Wildman–Crippen MR) is 60.2 cm³/mol. The quantitative estimate of drug-likeness (QED) is 0.660. The molecule has 0 aromatic heterocycles. The van der Waals surface area contributed by atoms with Gasteiger partial charge in [0.05, 0.1) is 0 Å². The Bertz CT molecular complexity index is 300. The van der Waals surface area contributed by atoms with Crippen LogP contribution < -0.4 is 11.1 Å². The van der Waals surface area contributed by atoms with Crippen molar-refractivity contribution in [3.63, 3.8) is 0 Å². The van der Waals surface area contributed by atoms with Gasteiger partial charge >= 0.3 is 0 Å². The summed E-state index contributed by atoms with van der Waals surface area (Å²) in [4.78, 5) is 11.4. The molecule has 0 spiro atoms. The molecule has 0 fully saturated rings. The molecule has 0 aromatic rings. The number of hydrogen-bond acceptors (Lipinski definition) is 4. The third-order valence-electron chi connectivity index (χ3n) is 2.24. The molecule has 6 heteroatoms. The van der Waals surface area contributed by atoms with E-state index in [1.54, 1.807) is 0 Å². The minimum atomic E-state index is -3.30. The van der Waals surface area contributed by atoms with Crippen LogP contribution >= 0.6 is 0 Å². The van der Waals surface area contributed by atoms with Crippen LogP contribution in [0.2, 0.25) is 0 Å². The van der Waals surface area contributed by atoms with Gasteiger partial charge in [-0.1, -0.05) is 0 Å². The molecule has 2 unspecified atom stereocenters. The Balaban J connectivity index is 4.14. The normalized spacial score (nSPS) is 15.7. The predicted octanol–water partition coefficient (Wildman–Crippen LogP) is -0.337. The molecule has 0 aliphatic heterocycles. The van der Waals surface area contributed by atoms with Crippen molar-refractivity contribution in [1.29, 1.82) is 0 Å². The molecule has 2 atom stereocenters. The third-order valence-corrected chi connectivity index (χ3v) is 3.74. The fourth-order valence-corrected chi connectivity index (χ4v) is 1.51.